The Morgan fingerprint density at radius 2 is 1.64 bits per heavy atom. The molecule has 2 aliphatic rings. The van der Waals surface area contributed by atoms with Crippen LogP contribution in [0, 0.1) is 0 Å². The quantitative estimate of drug-likeness (QED) is 0.530. The Morgan fingerprint density at radius 3 is 2.33 bits per heavy atom. The van der Waals surface area contributed by atoms with E-state index in [2.05, 4.69) is 21.8 Å². The summed E-state index contributed by atoms with van der Waals surface area (Å²) >= 11 is 0. The Balaban J connectivity index is 1.78. The van der Waals surface area contributed by atoms with E-state index in [4.69, 9.17) is 9.47 Å². The maximum atomic E-state index is 12.5. The Kier molecular flexibility index (Phi) is 5.65. The zero-order valence-electron chi connectivity index (χ0n) is 19.8. The van der Waals surface area contributed by atoms with E-state index in [0.717, 1.165) is 30.3 Å². The number of hydrogen-bond acceptors (Lipinski definition) is 5. The van der Waals surface area contributed by atoms with Gasteiger partial charge in [0.05, 0.1) is 19.5 Å². The van der Waals surface area contributed by atoms with Crippen molar-refractivity contribution in [2.45, 2.75) is 57.4 Å². The third-order valence-electron chi connectivity index (χ3n) is 7.28. The van der Waals surface area contributed by atoms with Crippen molar-refractivity contribution in [1.29, 1.82) is 0 Å². The molecule has 3 aromatic rings. The van der Waals surface area contributed by atoms with Crippen LogP contribution in [0.3, 0.4) is 0 Å². The van der Waals surface area contributed by atoms with Gasteiger partial charge in [0.1, 0.15) is 0 Å². The van der Waals surface area contributed by atoms with Gasteiger partial charge in [-0.2, -0.15) is 0 Å². The minimum atomic E-state index is -3.43. The first-order valence-corrected chi connectivity index (χ1v) is 13.3. The molecule has 0 aliphatic carbocycles. The van der Waals surface area contributed by atoms with E-state index in [0.29, 0.717) is 23.2 Å². The molecule has 0 saturated carbocycles. The Labute approximate surface area is 195 Å². The number of nitrogens with one attached hydrogen (secondary N) is 1. The maximum absolute atomic E-state index is 12.5. The highest BCUT2D eigenvalue weighted by Crippen LogP contribution is 2.44. The van der Waals surface area contributed by atoms with Crippen molar-refractivity contribution < 1.29 is 17.9 Å². The molecule has 1 N–H and O–H groups in total. The second kappa shape index (κ2) is 8.37. The van der Waals surface area contributed by atoms with Gasteiger partial charge in [0.25, 0.3) is 0 Å². The molecule has 176 valence electrons. The normalized spacial score (nSPS) is 18.9. The molecule has 5 rings (SSSR count). The summed E-state index contributed by atoms with van der Waals surface area (Å²) in [5.41, 5.74) is 3.32. The molecule has 0 bridgehead atoms. The standard InChI is InChI=1S/C26H32N2O4S/c1-16(2)33(29,30)27-17-8-9-19-20(11-17)22-13-25(31-3)26(32-4)14-23(22)21-12-18-7-5-6-10-28(18)15-24(19)21/h8-9,11,13-14,16,18,27H,5-7,10,12,15H2,1-4H3/t18-/m1/s1. The SMILES string of the molecule is COc1cc2c3c(c4ccc(NS(=O)(=O)C(C)C)cc4c2cc1OC)CN1CCCC[C@@H]1C3. The second-order valence-electron chi connectivity index (χ2n) is 9.49. The smallest absolute Gasteiger partial charge is 0.235 e. The Hall–Kier alpha value is -2.51. The molecule has 1 atom stereocenters. The average molecular weight is 469 g/mol. The van der Waals surface area contributed by atoms with E-state index >= 15 is 0 Å². The number of fused-ring (bicyclic) bond motifs is 7. The van der Waals surface area contributed by atoms with Crippen LogP contribution in [0.1, 0.15) is 44.2 Å². The lowest BCUT2D eigenvalue weighted by Crippen LogP contribution is -2.43. The first kappa shape index (κ1) is 22.3. The zero-order valence-corrected chi connectivity index (χ0v) is 20.6. The van der Waals surface area contributed by atoms with Gasteiger partial charge in [-0.05, 0) is 96.6 Å². The topological polar surface area (TPSA) is 67.9 Å². The second-order valence-corrected chi connectivity index (χ2v) is 11.7. The van der Waals surface area contributed by atoms with E-state index in [1.54, 1.807) is 28.1 Å². The molecular weight excluding hydrogens is 436 g/mol. The van der Waals surface area contributed by atoms with Gasteiger partial charge >= 0.3 is 0 Å². The molecule has 0 aromatic heterocycles. The number of benzene rings is 3. The van der Waals surface area contributed by atoms with Gasteiger partial charge in [-0.25, -0.2) is 8.42 Å². The Morgan fingerprint density at radius 1 is 0.939 bits per heavy atom. The number of nitrogens with zero attached hydrogens (tertiary/aromatic N) is 1. The number of rotatable bonds is 5. The van der Waals surface area contributed by atoms with Crippen LogP contribution in [0.2, 0.25) is 0 Å². The third kappa shape index (κ3) is 3.81. The molecular formula is C26H32N2O4S. The summed E-state index contributed by atoms with van der Waals surface area (Å²) in [5.74, 6) is 1.39. The zero-order chi connectivity index (χ0) is 23.3. The monoisotopic (exact) mass is 468 g/mol. The number of anilines is 1. The summed E-state index contributed by atoms with van der Waals surface area (Å²) in [5, 5.41) is 3.94. The number of ether oxygens (including phenoxy) is 2. The number of methoxy groups -OCH3 is 2. The number of sulfonamides is 1. The minimum Gasteiger partial charge on any atom is -0.493 e. The highest BCUT2D eigenvalue weighted by Gasteiger charge is 2.31. The van der Waals surface area contributed by atoms with Gasteiger partial charge in [0, 0.05) is 18.3 Å². The van der Waals surface area contributed by atoms with Gasteiger partial charge in [0.15, 0.2) is 11.5 Å². The maximum Gasteiger partial charge on any atom is 0.235 e. The van der Waals surface area contributed by atoms with Crippen LogP contribution in [0.15, 0.2) is 30.3 Å². The van der Waals surface area contributed by atoms with Crippen LogP contribution in [0.4, 0.5) is 5.69 Å². The summed E-state index contributed by atoms with van der Waals surface area (Å²) in [4.78, 5) is 2.62. The molecule has 0 unspecified atom stereocenters. The number of hydrogen-bond donors (Lipinski definition) is 1. The van der Waals surface area contributed by atoms with E-state index in [1.807, 2.05) is 18.2 Å². The summed E-state index contributed by atoms with van der Waals surface area (Å²) in [7, 11) is -0.122. The molecule has 2 heterocycles. The van der Waals surface area contributed by atoms with Crippen molar-refractivity contribution in [2.75, 3.05) is 25.5 Å². The molecule has 33 heavy (non-hydrogen) atoms. The predicted molar refractivity (Wildman–Crippen MR) is 134 cm³/mol. The van der Waals surface area contributed by atoms with Crippen LogP contribution < -0.4 is 14.2 Å². The van der Waals surface area contributed by atoms with Crippen molar-refractivity contribution in [3.8, 4) is 11.5 Å². The molecule has 6 nitrogen and oxygen atoms in total. The lowest BCUT2D eigenvalue weighted by molar-refractivity contribution is 0.128. The average Bonchev–Trinajstić information content (AvgIpc) is 2.81. The molecule has 2 aliphatic heterocycles. The molecule has 0 amide bonds. The fraction of sp³-hybridized carbons (Fsp3) is 0.462. The van der Waals surface area contributed by atoms with Gasteiger partial charge in [-0.1, -0.05) is 12.5 Å². The van der Waals surface area contributed by atoms with Crippen molar-refractivity contribution in [3.63, 3.8) is 0 Å². The lowest BCUT2D eigenvalue weighted by Gasteiger charge is -2.41. The molecule has 0 radical (unpaired) electrons. The molecule has 3 aromatic carbocycles. The van der Waals surface area contributed by atoms with Crippen LogP contribution in [0.5, 0.6) is 11.5 Å². The van der Waals surface area contributed by atoms with Crippen molar-refractivity contribution in [1.82, 2.24) is 4.90 Å². The van der Waals surface area contributed by atoms with Crippen molar-refractivity contribution >= 4 is 37.3 Å². The Bertz CT molecular complexity index is 1330. The van der Waals surface area contributed by atoms with Crippen molar-refractivity contribution in [2.24, 2.45) is 0 Å². The minimum absolute atomic E-state index is 0.506. The van der Waals surface area contributed by atoms with E-state index in [1.165, 1.54) is 41.2 Å². The molecule has 0 spiro atoms. The predicted octanol–water partition coefficient (Wildman–Crippen LogP) is 5.07. The van der Waals surface area contributed by atoms with E-state index in [9.17, 15) is 8.42 Å². The lowest BCUT2D eigenvalue weighted by atomic mass is 9.82. The highest BCUT2D eigenvalue weighted by molar-refractivity contribution is 7.93. The highest BCUT2D eigenvalue weighted by atomic mass is 32.2. The third-order valence-corrected chi connectivity index (χ3v) is 9.04. The number of piperidine rings is 1. The summed E-state index contributed by atoms with van der Waals surface area (Å²) in [6.07, 6.45) is 4.81. The fourth-order valence-corrected chi connectivity index (χ4v) is 6.10. The molecule has 1 fully saturated rings. The van der Waals surface area contributed by atoms with Gasteiger partial charge in [0.2, 0.25) is 10.0 Å². The summed E-state index contributed by atoms with van der Waals surface area (Å²) in [6.45, 7) is 5.43. The summed E-state index contributed by atoms with van der Waals surface area (Å²) in [6, 6.07) is 10.6. The molecule has 1 saturated heterocycles. The summed E-state index contributed by atoms with van der Waals surface area (Å²) < 4.78 is 39.1. The van der Waals surface area contributed by atoms with Gasteiger partial charge in [-0.15, -0.1) is 0 Å². The fourth-order valence-electron chi connectivity index (χ4n) is 5.40. The van der Waals surface area contributed by atoms with E-state index < -0.39 is 15.3 Å². The van der Waals surface area contributed by atoms with Crippen LogP contribution in [-0.4, -0.2) is 45.4 Å². The van der Waals surface area contributed by atoms with Crippen LogP contribution >= 0.6 is 0 Å². The molecule has 7 heteroatoms. The van der Waals surface area contributed by atoms with Crippen LogP contribution in [-0.2, 0) is 23.0 Å². The van der Waals surface area contributed by atoms with Crippen LogP contribution in [0.25, 0.3) is 21.5 Å². The van der Waals surface area contributed by atoms with Gasteiger partial charge < -0.3 is 9.47 Å². The van der Waals surface area contributed by atoms with Gasteiger partial charge in [-0.3, -0.25) is 9.62 Å². The van der Waals surface area contributed by atoms with E-state index in [-0.39, 0.29) is 0 Å². The van der Waals surface area contributed by atoms with Crippen molar-refractivity contribution in [3.05, 3.63) is 41.5 Å². The first-order chi connectivity index (χ1) is 15.8. The first-order valence-electron chi connectivity index (χ1n) is 11.7. The largest absolute Gasteiger partial charge is 0.493 e.